The molecule has 2 aromatic rings. The van der Waals surface area contributed by atoms with Gasteiger partial charge in [0.2, 0.25) is 0 Å². The topological polar surface area (TPSA) is 37.0 Å². The number of nitrogens with one attached hydrogen (secondary N) is 2. The Labute approximate surface area is 118 Å². The highest BCUT2D eigenvalue weighted by Crippen LogP contribution is 2.22. The normalized spacial score (nSPS) is 17.1. The lowest BCUT2D eigenvalue weighted by Gasteiger charge is -2.22. The molecule has 2 N–H and O–H groups in total. The van der Waals surface area contributed by atoms with Gasteiger partial charge in [0.25, 0.3) is 0 Å². The third-order valence-corrected chi connectivity index (χ3v) is 4.46. The van der Waals surface area contributed by atoms with Gasteiger partial charge in [-0.3, -0.25) is 0 Å². The molecule has 102 valence electrons. The van der Waals surface area contributed by atoms with E-state index in [4.69, 9.17) is 4.74 Å². The van der Waals surface area contributed by atoms with Gasteiger partial charge in [-0.2, -0.15) is 0 Å². The summed E-state index contributed by atoms with van der Waals surface area (Å²) in [4.78, 5) is 3.45. The summed E-state index contributed by atoms with van der Waals surface area (Å²) in [6.45, 7) is 2.88. The Hall–Kier alpha value is -0.970. The van der Waals surface area contributed by atoms with E-state index in [1.165, 1.54) is 15.9 Å². The fourth-order valence-electron chi connectivity index (χ4n) is 2.45. The molecule has 1 saturated heterocycles. The SMILES string of the molecule is c1ccc2[nH]c(SCCNC3CCOCC3)cc2c1. The van der Waals surface area contributed by atoms with Gasteiger partial charge in [-0.05, 0) is 25.0 Å². The Balaban J connectivity index is 1.44. The van der Waals surface area contributed by atoms with Crippen LogP contribution in [0, 0.1) is 0 Å². The number of hydrogen-bond donors (Lipinski definition) is 2. The average Bonchev–Trinajstić information content (AvgIpc) is 2.87. The molecule has 0 saturated carbocycles. The Morgan fingerprint density at radius 1 is 1.26 bits per heavy atom. The van der Waals surface area contributed by atoms with Crippen molar-refractivity contribution in [3.05, 3.63) is 30.3 Å². The van der Waals surface area contributed by atoms with Crippen LogP contribution in [0.5, 0.6) is 0 Å². The fourth-order valence-corrected chi connectivity index (χ4v) is 3.28. The Kier molecular flexibility index (Phi) is 4.43. The minimum absolute atomic E-state index is 0.650. The lowest BCUT2D eigenvalue weighted by molar-refractivity contribution is 0.0786. The lowest BCUT2D eigenvalue weighted by atomic mass is 10.1. The van der Waals surface area contributed by atoms with Gasteiger partial charge in [-0.1, -0.05) is 18.2 Å². The smallest absolute Gasteiger partial charge is 0.0732 e. The Morgan fingerprint density at radius 2 is 2.11 bits per heavy atom. The van der Waals surface area contributed by atoms with Gasteiger partial charge in [0, 0.05) is 42.5 Å². The molecule has 1 aliphatic heterocycles. The fraction of sp³-hybridized carbons (Fsp3) is 0.467. The van der Waals surface area contributed by atoms with Crippen LogP contribution in [0.2, 0.25) is 0 Å². The van der Waals surface area contributed by atoms with Gasteiger partial charge in [0.1, 0.15) is 0 Å². The second kappa shape index (κ2) is 6.46. The van der Waals surface area contributed by atoms with E-state index in [2.05, 4.69) is 40.6 Å². The van der Waals surface area contributed by atoms with E-state index in [1.807, 2.05) is 11.8 Å². The number of rotatable bonds is 5. The van der Waals surface area contributed by atoms with Gasteiger partial charge >= 0.3 is 0 Å². The van der Waals surface area contributed by atoms with Crippen LogP contribution in [0.1, 0.15) is 12.8 Å². The minimum Gasteiger partial charge on any atom is -0.381 e. The van der Waals surface area contributed by atoms with Crippen LogP contribution in [-0.4, -0.2) is 36.5 Å². The van der Waals surface area contributed by atoms with Gasteiger partial charge in [-0.15, -0.1) is 11.8 Å². The van der Waals surface area contributed by atoms with E-state index in [0.29, 0.717) is 6.04 Å². The zero-order valence-corrected chi connectivity index (χ0v) is 11.8. The maximum atomic E-state index is 5.36. The number of fused-ring (bicyclic) bond motifs is 1. The van der Waals surface area contributed by atoms with Crippen molar-refractivity contribution in [3.63, 3.8) is 0 Å². The minimum atomic E-state index is 0.650. The van der Waals surface area contributed by atoms with Gasteiger partial charge in [-0.25, -0.2) is 0 Å². The number of hydrogen-bond acceptors (Lipinski definition) is 3. The lowest BCUT2D eigenvalue weighted by Crippen LogP contribution is -2.35. The zero-order valence-electron chi connectivity index (χ0n) is 11.0. The first-order valence-corrected chi connectivity index (χ1v) is 7.92. The van der Waals surface area contributed by atoms with E-state index in [-0.39, 0.29) is 0 Å². The number of ether oxygens (including phenoxy) is 1. The van der Waals surface area contributed by atoms with E-state index >= 15 is 0 Å². The largest absolute Gasteiger partial charge is 0.381 e. The van der Waals surface area contributed by atoms with Gasteiger partial charge < -0.3 is 15.0 Å². The van der Waals surface area contributed by atoms with E-state index < -0.39 is 0 Å². The Bertz CT molecular complexity index is 487. The van der Waals surface area contributed by atoms with Crippen LogP contribution in [0.25, 0.3) is 10.9 Å². The predicted molar refractivity (Wildman–Crippen MR) is 80.9 cm³/mol. The summed E-state index contributed by atoms with van der Waals surface area (Å²) in [5.41, 5.74) is 1.22. The maximum absolute atomic E-state index is 5.36. The van der Waals surface area contributed by atoms with Crippen LogP contribution >= 0.6 is 11.8 Å². The molecule has 0 spiro atoms. The van der Waals surface area contributed by atoms with Crippen molar-refractivity contribution in [1.29, 1.82) is 0 Å². The third-order valence-electron chi connectivity index (χ3n) is 3.52. The second-order valence-electron chi connectivity index (χ2n) is 4.91. The molecule has 3 rings (SSSR count). The van der Waals surface area contributed by atoms with Crippen molar-refractivity contribution in [2.45, 2.75) is 23.9 Å². The summed E-state index contributed by atoms with van der Waals surface area (Å²) in [5, 5.41) is 6.16. The maximum Gasteiger partial charge on any atom is 0.0732 e. The Morgan fingerprint density at radius 3 is 2.95 bits per heavy atom. The third kappa shape index (κ3) is 3.53. The number of H-pyrrole nitrogens is 1. The summed E-state index contributed by atoms with van der Waals surface area (Å²) in [6, 6.07) is 11.3. The summed E-state index contributed by atoms with van der Waals surface area (Å²) < 4.78 is 5.36. The van der Waals surface area contributed by atoms with Crippen molar-refractivity contribution in [1.82, 2.24) is 10.3 Å². The molecule has 19 heavy (non-hydrogen) atoms. The average molecular weight is 276 g/mol. The first-order valence-electron chi connectivity index (χ1n) is 6.93. The van der Waals surface area contributed by atoms with Crippen LogP contribution in [-0.2, 0) is 4.74 Å². The molecule has 1 aliphatic rings. The highest BCUT2D eigenvalue weighted by atomic mass is 32.2. The first-order chi connectivity index (χ1) is 9.42. The molecular formula is C15H20N2OS. The number of benzene rings is 1. The summed E-state index contributed by atoms with van der Waals surface area (Å²) in [5.74, 6) is 1.10. The molecule has 0 atom stereocenters. The molecule has 0 bridgehead atoms. The zero-order chi connectivity index (χ0) is 12.9. The number of aromatic amines is 1. The van der Waals surface area contributed by atoms with Crippen LogP contribution in [0.4, 0.5) is 0 Å². The second-order valence-corrected chi connectivity index (χ2v) is 6.05. The van der Waals surface area contributed by atoms with Crippen molar-refractivity contribution in [3.8, 4) is 0 Å². The first kappa shape index (κ1) is 13.0. The molecule has 1 aromatic carbocycles. The van der Waals surface area contributed by atoms with Gasteiger partial charge in [0.15, 0.2) is 0 Å². The molecule has 1 aromatic heterocycles. The quantitative estimate of drug-likeness (QED) is 0.651. The number of para-hydroxylation sites is 1. The van der Waals surface area contributed by atoms with Crippen molar-refractivity contribution < 1.29 is 4.74 Å². The van der Waals surface area contributed by atoms with Crippen molar-refractivity contribution in [2.75, 3.05) is 25.5 Å². The molecular weight excluding hydrogens is 256 g/mol. The van der Waals surface area contributed by atoms with Crippen LogP contribution < -0.4 is 5.32 Å². The van der Waals surface area contributed by atoms with Crippen molar-refractivity contribution >= 4 is 22.7 Å². The molecule has 0 aliphatic carbocycles. The molecule has 1 fully saturated rings. The standard InChI is InChI=1S/C15H20N2OS/c1-2-4-14-12(3-1)11-15(17-14)19-10-7-16-13-5-8-18-9-6-13/h1-4,11,13,16-17H,5-10H2. The summed E-state index contributed by atoms with van der Waals surface area (Å²) in [7, 11) is 0. The number of aromatic nitrogens is 1. The van der Waals surface area contributed by atoms with E-state index in [1.54, 1.807) is 0 Å². The van der Waals surface area contributed by atoms with Crippen LogP contribution in [0.15, 0.2) is 35.4 Å². The molecule has 0 unspecified atom stereocenters. The van der Waals surface area contributed by atoms with Gasteiger partial charge in [0.05, 0.1) is 5.03 Å². The molecule has 0 amide bonds. The monoisotopic (exact) mass is 276 g/mol. The molecule has 3 nitrogen and oxygen atoms in total. The highest BCUT2D eigenvalue weighted by molar-refractivity contribution is 7.99. The van der Waals surface area contributed by atoms with Crippen LogP contribution in [0.3, 0.4) is 0 Å². The van der Waals surface area contributed by atoms with Crippen molar-refractivity contribution in [2.24, 2.45) is 0 Å². The summed E-state index contributed by atoms with van der Waals surface area (Å²) >= 11 is 1.89. The predicted octanol–water partition coefficient (Wildman–Crippen LogP) is 3.03. The number of thioether (sulfide) groups is 1. The molecule has 2 heterocycles. The van der Waals surface area contributed by atoms with E-state index in [0.717, 1.165) is 38.4 Å². The summed E-state index contributed by atoms with van der Waals surface area (Å²) in [6.07, 6.45) is 2.30. The molecule has 0 radical (unpaired) electrons. The van der Waals surface area contributed by atoms with E-state index in [9.17, 15) is 0 Å². The molecule has 4 heteroatoms. The highest BCUT2D eigenvalue weighted by Gasteiger charge is 2.12.